The highest BCUT2D eigenvalue weighted by atomic mass is 19.4. The molecule has 0 aliphatic heterocycles. The van der Waals surface area contributed by atoms with Crippen LogP contribution < -0.4 is 10.5 Å². The Morgan fingerprint density at radius 3 is 2.32 bits per heavy atom. The molecule has 0 amide bonds. The van der Waals surface area contributed by atoms with E-state index in [1.165, 1.54) is 43.5 Å². The summed E-state index contributed by atoms with van der Waals surface area (Å²) < 4.78 is 60.4. The normalized spacial score (nSPS) is 12.0. The third kappa shape index (κ3) is 5.83. The van der Waals surface area contributed by atoms with Gasteiger partial charge < -0.3 is 15.6 Å². The lowest BCUT2D eigenvalue weighted by Gasteiger charge is -2.21. The summed E-state index contributed by atoms with van der Waals surface area (Å²) in [6.07, 6.45) is -3.18. The van der Waals surface area contributed by atoms with Gasteiger partial charge in [0, 0.05) is 23.0 Å². The minimum Gasteiger partial charge on any atom is -0.471 e. The molecular weight excluding hydrogens is 490 g/mol. The van der Waals surface area contributed by atoms with Crippen LogP contribution in [-0.4, -0.2) is 25.0 Å². The van der Waals surface area contributed by atoms with Crippen molar-refractivity contribution in [3.05, 3.63) is 83.2 Å². The molecule has 0 fully saturated rings. The average molecular weight is 513 g/mol. The highest BCUT2D eigenvalue weighted by molar-refractivity contribution is 5.85. The van der Waals surface area contributed by atoms with E-state index in [0.29, 0.717) is 16.8 Å². The SMILES string of the molecule is Cc1cc(-c2c(OCc3ncccc3C(C)(C)O)nc(N)nc2-c2ccc(F)cc2)cc(C(F)(F)F)n1. The molecule has 3 heterocycles. The van der Waals surface area contributed by atoms with Crippen molar-refractivity contribution in [2.45, 2.75) is 39.2 Å². The third-order valence-corrected chi connectivity index (χ3v) is 5.44. The highest BCUT2D eigenvalue weighted by Gasteiger charge is 2.34. The van der Waals surface area contributed by atoms with Gasteiger partial charge in [-0.05, 0) is 68.8 Å². The van der Waals surface area contributed by atoms with Gasteiger partial charge in [-0.25, -0.2) is 14.4 Å². The van der Waals surface area contributed by atoms with Crippen LogP contribution in [0.4, 0.5) is 23.5 Å². The number of ether oxygens (including phenoxy) is 1. The Labute approximate surface area is 210 Å². The first kappa shape index (κ1) is 26.0. The zero-order valence-corrected chi connectivity index (χ0v) is 20.1. The van der Waals surface area contributed by atoms with Gasteiger partial charge in [0.05, 0.1) is 22.6 Å². The molecule has 4 rings (SSSR count). The predicted molar refractivity (Wildman–Crippen MR) is 129 cm³/mol. The fourth-order valence-electron chi connectivity index (χ4n) is 3.84. The van der Waals surface area contributed by atoms with Crippen molar-refractivity contribution in [1.29, 1.82) is 0 Å². The third-order valence-electron chi connectivity index (χ3n) is 5.44. The van der Waals surface area contributed by atoms with Crippen LogP contribution in [0, 0.1) is 12.7 Å². The van der Waals surface area contributed by atoms with E-state index >= 15 is 0 Å². The highest BCUT2D eigenvalue weighted by Crippen LogP contribution is 2.40. The van der Waals surface area contributed by atoms with Crippen LogP contribution in [0.5, 0.6) is 5.88 Å². The lowest BCUT2D eigenvalue weighted by Crippen LogP contribution is -2.20. The Balaban J connectivity index is 1.91. The van der Waals surface area contributed by atoms with E-state index in [9.17, 15) is 22.7 Å². The molecule has 1 aromatic carbocycles. The fourth-order valence-corrected chi connectivity index (χ4v) is 3.84. The van der Waals surface area contributed by atoms with Crippen molar-refractivity contribution in [3.8, 4) is 28.3 Å². The zero-order valence-electron chi connectivity index (χ0n) is 20.1. The Morgan fingerprint density at radius 1 is 0.973 bits per heavy atom. The lowest BCUT2D eigenvalue weighted by atomic mass is 9.97. The molecular formula is C26H23F4N5O2. The maximum absolute atomic E-state index is 13.6. The zero-order chi connectivity index (χ0) is 27.0. The molecule has 3 aromatic heterocycles. The molecule has 3 N–H and O–H groups in total. The first-order valence-electron chi connectivity index (χ1n) is 11.1. The Bertz CT molecular complexity index is 1430. The number of aryl methyl sites for hydroxylation is 1. The quantitative estimate of drug-likeness (QED) is 0.330. The van der Waals surface area contributed by atoms with E-state index in [1.54, 1.807) is 26.0 Å². The Hall–Kier alpha value is -4.12. The van der Waals surface area contributed by atoms with Gasteiger partial charge in [-0.3, -0.25) is 4.98 Å². The van der Waals surface area contributed by atoms with Crippen LogP contribution in [0.2, 0.25) is 0 Å². The summed E-state index contributed by atoms with van der Waals surface area (Å²) in [6, 6.07) is 10.9. The second kappa shape index (κ2) is 9.74. The van der Waals surface area contributed by atoms with Crippen LogP contribution in [0.25, 0.3) is 22.4 Å². The first-order chi connectivity index (χ1) is 17.3. The monoisotopic (exact) mass is 513 g/mol. The number of aromatic nitrogens is 4. The van der Waals surface area contributed by atoms with Gasteiger partial charge >= 0.3 is 6.18 Å². The van der Waals surface area contributed by atoms with Crippen molar-refractivity contribution in [3.63, 3.8) is 0 Å². The fraction of sp³-hybridized carbons (Fsp3) is 0.231. The second-order valence-electron chi connectivity index (χ2n) is 8.84. The number of aliphatic hydroxyl groups is 1. The number of rotatable bonds is 6. The predicted octanol–water partition coefficient (Wildman–Crippen LogP) is 5.46. The van der Waals surface area contributed by atoms with Crippen LogP contribution in [0.15, 0.2) is 54.7 Å². The molecule has 7 nitrogen and oxygen atoms in total. The van der Waals surface area contributed by atoms with Gasteiger partial charge in [-0.1, -0.05) is 6.07 Å². The maximum Gasteiger partial charge on any atom is 0.433 e. The number of nitrogen functional groups attached to an aromatic ring is 1. The Morgan fingerprint density at radius 2 is 1.68 bits per heavy atom. The topological polar surface area (TPSA) is 107 Å². The van der Waals surface area contributed by atoms with E-state index in [0.717, 1.165) is 6.07 Å². The average Bonchev–Trinajstić information content (AvgIpc) is 2.81. The number of hydrogen-bond donors (Lipinski definition) is 2. The van der Waals surface area contributed by atoms with Crippen molar-refractivity contribution >= 4 is 5.95 Å². The molecule has 0 saturated heterocycles. The Kier molecular flexibility index (Phi) is 6.83. The molecule has 0 bridgehead atoms. The molecule has 0 aliphatic carbocycles. The van der Waals surface area contributed by atoms with E-state index in [-0.39, 0.29) is 40.9 Å². The standard InChI is InChI=1S/C26H23F4N5O2/c1-14-11-16(12-20(33-14)26(28,29)30)21-22(15-6-8-17(27)9-7-15)34-24(31)35-23(21)37-13-19-18(25(2,3)36)5-4-10-32-19/h4-12,36H,13H2,1-3H3,(H2,31,34,35). The summed E-state index contributed by atoms with van der Waals surface area (Å²) in [7, 11) is 0. The molecule has 0 unspecified atom stereocenters. The van der Waals surface area contributed by atoms with Gasteiger partial charge in [-0.2, -0.15) is 18.2 Å². The minimum atomic E-state index is -4.71. The van der Waals surface area contributed by atoms with Crippen molar-refractivity contribution in [1.82, 2.24) is 19.9 Å². The van der Waals surface area contributed by atoms with E-state index in [1.807, 2.05) is 0 Å². The number of nitrogens with zero attached hydrogens (tertiary/aromatic N) is 4. The molecule has 0 atom stereocenters. The largest absolute Gasteiger partial charge is 0.471 e. The van der Waals surface area contributed by atoms with Gasteiger partial charge in [0.2, 0.25) is 11.8 Å². The van der Waals surface area contributed by atoms with Gasteiger partial charge in [0.15, 0.2) is 0 Å². The summed E-state index contributed by atoms with van der Waals surface area (Å²) in [5, 5.41) is 10.5. The maximum atomic E-state index is 13.6. The summed E-state index contributed by atoms with van der Waals surface area (Å²) in [4.78, 5) is 16.3. The molecule has 11 heteroatoms. The summed E-state index contributed by atoms with van der Waals surface area (Å²) >= 11 is 0. The lowest BCUT2D eigenvalue weighted by molar-refractivity contribution is -0.141. The van der Waals surface area contributed by atoms with E-state index in [4.69, 9.17) is 10.5 Å². The number of hydrogen-bond acceptors (Lipinski definition) is 7. The number of halogens is 4. The first-order valence-corrected chi connectivity index (χ1v) is 11.1. The van der Waals surface area contributed by atoms with Crippen LogP contribution in [-0.2, 0) is 18.4 Å². The molecule has 0 aliphatic rings. The number of alkyl halides is 3. The molecule has 192 valence electrons. The van der Waals surface area contributed by atoms with Gasteiger partial charge in [0.25, 0.3) is 0 Å². The molecule has 0 radical (unpaired) electrons. The number of nitrogens with two attached hydrogens (primary N) is 1. The molecule has 0 spiro atoms. The molecule has 37 heavy (non-hydrogen) atoms. The summed E-state index contributed by atoms with van der Waals surface area (Å²) in [5.74, 6) is -0.821. The molecule has 0 saturated carbocycles. The molecule has 4 aromatic rings. The number of benzene rings is 1. The van der Waals surface area contributed by atoms with Crippen molar-refractivity contribution in [2.24, 2.45) is 0 Å². The smallest absolute Gasteiger partial charge is 0.433 e. The number of pyridine rings is 2. The van der Waals surface area contributed by atoms with E-state index in [2.05, 4.69) is 19.9 Å². The van der Waals surface area contributed by atoms with Crippen LogP contribution in [0.3, 0.4) is 0 Å². The van der Waals surface area contributed by atoms with Crippen LogP contribution in [0.1, 0.15) is 36.5 Å². The van der Waals surface area contributed by atoms with Crippen LogP contribution >= 0.6 is 0 Å². The minimum absolute atomic E-state index is 0.0814. The van der Waals surface area contributed by atoms with Crippen molar-refractivity contribution in [2.75, 3.05) is 5.73 Å². The number of anilines is 1. The van der Waals surface area contributed by atoms with Crippen molar-refractivity contribution < 1.29 is 27.4 Å². The van der Waals surface area contributed by atoms with E-state index < -0.39 is 23.3 Å². The summed E-state index contributed by atoms with van der Waals surface area (Å²) in [6.45, 7) is 4.43. The van der Waals surface area contributed by atoms with Gasteiger partial charge in [-0.15, -0.1) is 0 Å². The summed E-state index contributed by atoms with van der Waals surface area (Å²) in [5.41, 5.74) is 5.32. The van der Waals surface area contributed by atoms with Gasteiger partial charge in [0.1, 0.15) is 18.1 Å². The second-order valence-corrected chi connectivity index (χ2v) is 8.84.